The summed E-state index contributed by atoms with van der Waals surface area (Å²) in [5.41, 5.74) is 1.96. The van der Waals surface area contributed by atoms with Gasteiger partial charge in [-0.1, -0.05) is 49.1 Å². The number of nitrogens with one attached hydrogen (secondary N) is 1. The van der Waals surface area contributed by atoms with Gasteiger partial charge in [0.1, 0.15) is 11.6 Å². The molecule has 1 aromatic rings. The van der Waals surface area contributed by atoms with Crippen LogP contribution in [-0.4, -0.2) is 28.8 Å². The van der Waals surface area contributed by atoms with Gasteiger partial charge in [0.15, 0.2) is 0 Å². The second-order valence-corrected chi connectivity index (χ2v) is 7.48. The maximum absolute atomic E-state index is 11.7. The Morgan fingerprint density at radius 2 is 1.68 bits per heavy atom. The average molecular weight is 349 g/mol. The number of carbonyl (C=O) groups is 2. The zero-order chi connectivity index (χ0) is 18.9. The van der Waals surface area contributed by atoms with Crippen LogP contribution in [0.15, 0.2) is 24.3 Å². The van der Waals surface area contributed by atoms with Gasteiger partial charge in [-0.2, -0.15) is 0 Å². The monoisotopic (exact) mass is 349 g/mol. The molecule has 1 atom stereocenters. The van der Waals surface area contributed by atoms with Crippen molar-refractivity contribution in [1.29, 1.82) is 0 Å². The first-order chi connectivity index (χ1) is 11.7. The highest BCUT2D eigenvalue weighted by Gasteiger charge is 2.23. The first-order valence-electron chi connectivity index (χ1n) is 8.95. The van der Waals surface area contributed by atoms with E-state index < -0.39 is 23.7 Å². The quantitative estimate of drug-likeness (QED) is 0.645. The lowest BCUT2D eigenvalue weighted by atomic mass is 10.0. The standard InChI is InChI=1S/C20H31NO4/c1-15-11-13-16(14-12-15)9-7-5-6-8-10-17(18(22)23)21-19(24)25-20(2,3)4/h11-14,17H,5-10H2,1-4H3,(H,21,24)(H,22,23). The number of aliphatic carboxylic acids is 1. The Kier molecular flexibility index (Phi) is 8.46. The molecule has 0 aliphatic heterocycles. The molecule has 0 aromatic heterocycles. The van der Waals surface area contributed by atoms with Crippen molar-refractivity contribution in [3.63, 3.8) is 0 Å². The maximum Gasteiger partial charge on any atom is 0.408 e. The van der Waals surface area contributed by atoms with Crippen LogP contribution in [0.1, 0.15) is 64.0 Å². The molecule has 0 fully saturated rings. The zero-order valence-electron chi connectivity index (χ0n) is 15.8. The number of ether oxygens (including phenoxy) is 1. The third-order valence-electron chi connectivity index (χ3n) is 3.82. The molecule has 1 unspecified atom stereocenters. The van der Waals surface area contributed by atoms with E-state index in [1.165, 1.54) is 11.1 Å². The minimum absolute atomic E-state index is 0.416. The van der Waals surface area contributed by atoms with Crippen molar-refractivity contribution in [2.75, 3.05) is 0 Å². The Balaban J connectivity index is 2.23. The minimum Gasteiger partial charge on any atom is -0.480 e. The van der Waals surface area contributed by atoms with Crippen LogP contribution in [0.4, 0.5) is 4.79 Å². The second-order valence-electron chi connectivity index (χ2n) is 7.48. The van der Waals surface area contributed by atoms with Gasteiger partial charge < -0.3 is 15.2 Å². The number of unbranched alkanes of at least 4 members (excludes halogenated alkanes) is 3. The summed E-state index contributed by atoms with van der Waals surface area (Å²) in [5, 5.41) is 11.7. The summed E-state index contributed by atoms with van der Waals surface area (Å²) >= 11 is 0. The Hall–Kier alpha value is -2.04. The highest BCUT2D eigenvalue weighted by molar-refractivity contribution is 5.79. The van der Waals surface area contributed by atoms with Crippen molar-refractivity contribution in [1.82, 2.24) is 5.32 Å². The summed E-state index contributed by atoms with van der Waals surface area (Å²) in [6.45, 7) is 7.32. The van der Waals surface area contributed by atoms with Gasteiger partial charge in [-0.15, -0.1) is 0 Å². The number of hydrogen-bond acceptors (Lipinski definition) is 3. The van der Waals surface area contributed by atoms with E-state index in [1.54, 1.807) is 20.8 Å². The van der Waals surface area contributed by atoms with Gasteiger partial charge in [-0.05, 0) is 52.5 Å². The number of benzene rings is 1. The molecule has 1 aromatic carbocycles. The van der Waals surface area contributed by atoms with Gasteiger partial charge in [-0.3, -0.25) is 0 Å². The lowest BCUT2D eigenvalue weighted by Gasteiger charge is -2.22. The molecule has 0 saturated carbocycles. The Bertz CT molecular complexity index is 546. The number of carbonyl (C=O) groups excluding carboxylic acids is 1. The molecule has 1 rings (SSSR count). The molecule has 0 aliphatic rings. The molecular formula is C20H31NO4. The molecule has 25 heavy (non-hydrogen) atoms. The van der Waals surface area contributed by atoms with Crippen LogP contribution in [0.3, 0.4) is 0 Å². The fourth-order valence-electron chi connectivity index (χ4n) is 2.49. The molecule has 0 spiro atoms. The van der Waals surface area contributed by atoms with E-state index >= 15 is 0 Å². The molecule has 5 nitrogen and oxygen atoms in total. The molecule has 0 saturated heterocycles. The van der Waals surface area contributed by atoms with Crippen molar-refractivity contribution < 1.29 is 19.4 Å². The number of carboxylic acids is 1. The van der Waals surface area contributed by atoms with Gasteiger partial charge in [0.25, 0.3) is 0 Å². The predicted molar refractivity (Wildman–Crippen MR) is 98.8 cm³/mol. The summed E-state index contributed by atoms with van der Waals surface area (Å²) < 4.78 is 5.11. The Labute approximate surface area is 150 Å². The van der Waals surface area contributed by atoms with E-state index in [0.29, 0.717) is 6.42 Å². The van der Waals surface area contributed by atoms with Crippen LogP contribution in [0.25, 0.3) is 0 Å². The van der Waals surface area contributed by atoms with E-state index in [1.807, 2.05) is 0 Å². The van der Waals surface area contributed by atoms with E-state index in [4.69, 9.17) is 4.74 Å². The van der Waals surface area contributed by atoms with Gasteiger partial charge in [-0.25, -0.2) is 9.59 Å². The molecule has 5 heteroatoms. The first kappa shape index (κ1) is 21.0. The van der Waals surface area contributed by atoms with Crippen molar-refractivity contribution in [3.8, 4) is 0 Å². The molecule has 0 radical (unpaired) electrons. The molecule has 0 heterocycles. The minimum atomic E-state index is -1.02. The number of hydrogen-bond donors (Lipinski definition) is 2. The van der Waals surface area contributed by atoms with Crippen molar-refractivity contribution >= 4 is 12.1 Å². The van der Waals surface area contributed by atoms with Gasteiger partial charge in [0.2, 0.25) is 0 Å². The van der Waals surface area contributed by atoms with Crippen LogP contribution in [0.5, 0.6) is 0 Å². The molecule has 1 amide bonds. The lowest BCUT2D eigenvalue weighted by molar-refractivity contribution is -0.139. The molecular weight excluding hydrogens is 318 g/mol. The molecule has 2 N–H and O–H groups in total. The normalized spacial score (nSPS) is 12.5. The maximum atomic E-state index is 11.7. The third kappa shape index (κ3) is 9.75. The van der Waals surface area contributed by atoms with E-state index in [-0.39, 0.29) is 0 Å². The fraction of sp³-hybridized carbons (Fsp3) is 0.600. The molecule has 0 bridgehead atoms. The number of rotatable bonds is 9. The summed E-state index contributed by atoms with van der Waals surface area (Å²) in [5.74, 6) is -1.02. The van der Waals surface area contributed by atoms with Crippen LogP contribution in [0.2, 0.25) is 0 Å². The van der Waals surface area contributed by atoms with Gasteiger partial charge in [0.05, 0.1) is 0 Å². The number of carboxylic acid groups (broad SMARTS) is 1. The van der Waals surface area contributed by atoms with Crippen molar-refractivity contribution in [2.45, 2.75) is 77.9 Å². The van der Waals surface area contributed by atoms with Crippen LogP contribution in [0, 0.1) is 6.92 Å². The molecule has 140 valence electrons. The smallest absolute Gasteiger partial charge is 0.408 e. The highest BCUT2D eigenvalue weighted by Crippen LogP contribution is 2.12. The summed E-state index contributed by atoms with van der Waals surface area (Å²) in [6.07, 6.45) is 4.62. The highest BCUT2D eigenvalue weighted by atomic mass is 16.6. The van der Waals surface area contributed by atoms with Crippen LogP contribution >= 0.6 is 0 Å². The SMILES string of the molecule is Cc1ccc(CCCCCCC(NC(=O)OC(C)(C)C)C(=O)O)cc1. The first-order valence-corrected chi connectivity index (χ1v) is 8.95. The fourth-order valence-corrected chi connectivity index (χ4v) is 2.49. The Morgan fingerprint density at radius 1 is 1.08 bits per heavy atom. The van der Waals surface area contributed by atoms with Crippen LogP contribution < -0.4 is 5.32 Å². The van der Waals surface area contributed by atoms with Gasteiger partial charge in [0, 0.05) is 0 Å². The van der Waals surface area contributed by atoms with E-state index in [0.717, 1.165) is 32.1 Å². The van der Waals surface area contributed by atoms with E-state index in [9.17, 15) is 14.7 Å². The summed E-state index contributed by atoms with van der Waals surface area (Å²) in [7, 11) is 0. The summed E-state index contributed by atoms with van der Waals surface area (Å²) in [4.78, 5) is 23.0. The van der Waals surface area contributed by atoms with Crippen LogP contribution in [-0.2, 0) is 16.0 Å². The molecule has 0 aliphatic carbocycles. The summed E-state index contributed by atoms with van der Waals surface area (Å²) in [6, 6.07) is 7.65. The van der Waals surface area contributed by atoms with Gasteiger partial charge >= 0.3 is 12.1 Å². The zero-order valence-corrected chi connectivity index (χ0v) is 15.8. The average Bonchev–Trinajstić information content (AvgIpc) is 2.49. The lowest BCUT2D eigenvalue weighted by Crippen LogP contribution is -2.43. The van der Waals surface area contributed by atoms with Crippen molar-refractivity contribution in [3.05, 3.63) is 35.4 Å². The number of amides is 1. The second kappa shape index (κ2) is 10.1. The number of aryl methyl sites for hydroxylation is 2. The largest absolute Gasteiger partial charge is 0.480 e. The topological polar surface area (TPSA) is 75.6 Å². The van der Waals surface area contributed by atoms with E-state index in [2.05, 4.69) is 36.5 Å². The third-order valence-corrected chi connectivity index (χ3v) is 3.82. The predicted octanol–water partition coefficient (Wildman–Crippen LogP) is 4.47. The number of alkyl carbamates (subject to hydrolysis) is 1. The van der Waals surface area contributed by atoms with Crippen molar-refractivity contribution in [2.24, 2.45) is 0 Å². The Morgan fingerprint density at radius 3 is 2.24 bits per heavy atom.